The Balaban J connectivity index is 1.25. The molecule has 7 heteroatoms. The molecule has 1 saturated heterocycles. The van der Waals surface area contributed by atoms with Crippen LogP contribution in [-0.4, -0.2) is 29.2 Å². The van der Waals surface area contributed by atoms with Crippen molar-refractivity contribution in [1.82, 2.24) is 10.2 Å². The molecule has 2 aromatic carbocycles. The average molecular weight is 441 g/mol. The third kappa shape index (κ3) is 4.87. The van der Waals surface area contributed by atoms with E-state index < -0.39 is 0 Å². The van der Waals surface area contributed by atoms with Gasteiger partial charge in [0.25, 0.3) is 0 Å². The number of hydrogen-bond acceptors (Lipinski definition) is 6. The van der Waals surface area contributed by atoms with Crippen LogP contribution in [-0.2, 0) is 4.79 Å². The van der Waals surface area contributed by atoms with Gasteiger partial charge >= 0.3 is 0 Å². The van der Waals surface area contributed by atoms with Crippen LogP contribution < -0.4 is 15.0 Å². The number of benzene rings is 2. The van der Waals surface area contributed by atoms with Gasteiger partial charge in [0.1, 0.15) is 11.4 Å². The van der Waals surface area contributed by atoms with Crippen molar-refractivity contribution in [1.29, 1.82) is 0 Å². The highest BCUT2D eigenvalue weighted by atomic mass is 16.5. The van der Waals surface area contributed by atoms with Crippen molar-refractivity contribution >= 4 is 17.4 Å². The molecule has 166 valence electrons. The molecule has 1 unspecified atom stereocenters. The molecule has 2 aromatic heterocycles. The average Bonchev–Trinajstić information content (AvgIpc) is 3.41. The molecule has 0 spiro atoms. The van der Waals surface area contributed by atoms with Crippen molar-refractivity contribution in [3.8, 4) is 23.0 Å². The fourth-order valence-electron chi connectivity index (χ4n) is 3.96. The third-order valence-corrected chi connectivity index (χ3v) is 5.66. The minimum Gasteiger partial charge on any atom is -0.463 e. The van der Waals surface area contributed by atoms with Crippen LogP contribution in [0.25, 0.3) is 11.5 Å². The molecule has 3 heterocycles. The first-order valence-corrected chi connectivity index (χ1v) is 11.0. The monoisotopic (exact) mass is 440 g/mol. The van der Waals surface area contributed by atoms with E-state index in [0.717, 1.165) is 31.0 Å². The summed E-state index contributed by atoms with van der Waals surface area (Å²) >= 11 is 0. The van der Waals surface area contributed by atoms with Crippen LogP contribution in [0.2, 0.25) is 0 Å². The number of piperidine rings is 1. The first-order chi connectivity index (χ1) is 16.3. The molecule has 1 fully saturated rings. The lowest BCUT2D eigenvalue weighted by Gasteiger charge is -2.32. The largest absolute Gasteiger partial charge is 0.463 e. The van der Waals surface area contributed by atoms with E-state index >= 15 is 0 Å². The zero-order valence-corrected chi connectivity index (χ0v) is 18.1. The number of hydrogen-bond donors (Lipinski definition) is 1. The molecule has 0 saturated carbocycles. The van der Waals surface area contributed by atoms with Gasteiger partial charge in [-0.05, 0) is 61.4 Å². The molecule has 4 aromatic rings. The quantitative estimate of drug-likeness (QED) is 0.433. The summed E-state index contributed by atoms with van der Waals surface area (Å²) in [5.41, 5.74) is 1.34. The van der Waals surface area contributed by atoms with Crippen LogP contribution in [0.3, 0.4) is 0 Å². The fraction of sp³-hybridized carbons (Fsp3) is 0.192. The summed E-state index contributed by atoms with van der Waals surface area (Å²) in [6, 6.07) is 24.5. The van der Waals surface area contributed by atoms with Gasteiger partial charge in [-0.1, -0.05) is 30.3 Å². The summed E-state index contributed by atoms with van der Waals surface area (Å²) in [7, 11) is 0. The molecule has 7 nitrogen and oxygen atoms in total. The number of nitrogens with one attached hydrogen (secondary N) is 1. The molecule has 1 atom stereocenters. The van der Waals surface area contributed by atoms with Gasteiger partial charge < -0.3 is 19.4 Å². The van der Waals surface area contributed by atoms with Gasteiger partial charge in [0.05, 0.1) is 17.9 Å². The predicted molar refractivity (Wildman–Crippen MR) is 126 cm³/mol. The summed E-state index contributed by atoms with van der Waals surface area (Å²) in [5.74, 6) is 2.60. The lowest BCUT2D eigenvalue weighted by atomic mass is 9.97. The minimum atomic E-state index is -0.157. The van der Waals surface area contributed by atoms with Crippen LogP contribution in [0.1, 0.15) is 12.8 Å². The first kappa shape index (κ1) is 20.8. The molecular weight excluding hydrogens is 416 g/mol. The lowest BCUT2D eigenvalue weighted by molar-refractivity contribution is -0.120. The number of furan rings is 1. The third-order valence-electron chi connectivity index (χ3n) is 5.66. The van der Waals surface area contributed by atoms with Crippen molar-refractivity contribution in [3.05, 3.63) is 85.1 Å². The summed E-state index contributed by atoms with van der Waals surface area (Å²) in [6.45, 7) is 1.43. The second kappa shape index (κ2) is 9.56. The number of anilines is 2. The molecule has 0 aliphatic carbocycles. The number of ether oxygens (including phenoxy) is 1. The fourth-order valence-corrected chi connectivity index (χ4v) is 3.96. The zero-order chi connectivity index (χ0) is 22.5. The Kier molecular flexibility index (Phi) is 6.01. The van der Waals surface area contributed by atoms with Crippen LogP contribution in [0.15, 0.2) is 89.5 Å². The molecular formula is C26H24N4O3. The van der Waals surface area contributed by atoms with Crippen molar-refractivity contribution in [3.63, 3.8) is 0 Å². The van der Waals surface area contributed by atoms with Crippen LogP contribution in [0.4, 0.5) is 11.5 Å². The predicted octanol–water partition coefficient (Wildman–Crippen LogP) is 5.38. The number of nitrogens with zero attached hydrogens (tertiary/aromatic N) is 3. The highest BCUT2D eigenvalue weighted by molar-refractivity contribution is 5.94. The van der Waals surface area contributed by atoms with Crippen molar-refractivity contribution < 1.29 is 13.9 Å². The van der Waals surface area contributed by atoms with Crippen LogP contribution in [0, 0.1) is 5.92 Å². The molecule has 1 aliphatic rings. The normalized spacial score (nSPS) is 15.8. The molecule has 5 rings (SSSR count). The Morgan fingerprint density at radius 2 is 1.82 bits per heavy atom. The second-order valence-electron chi connectivity index (χ2n) is 7.94. The topological polar surface area (TPSA) is 80.5 Å². The number of aromatic nitrogens is 2. The maximum Gasteiger partial charge on any atom is 0.229 e. The van der Waals surface area contributed by atoms with E-state index in [0.29, 0.717) is 29.4 Å². The summed E-state index contributed by atoms with van der Waals surface area (Å²) in [4.78, 5) is 15.2. The van der Waals surface area contributed by atoms with E-state index in [1.807, 2.05) is 78.9 Å². The van der Waals surface area contributed by atoms with E-state index in [2.05, 4.69) is 20.4 Å². The van der Waals surface area contributed by atoms with E-state index in [-0.39, 0.29) is 11.8 Å². The zero-order valence-electron chi connectivity index (χ0n) is 18.1. The maximum absolute atomic E-state index is 13.1. The number of amides is 1. The van der Waals surface area contributed by atoms with E-state index in [1.54, 1.807) is 6.26 Å². The Labute approximate surface area is 192 Å². The van der Waals surface area contributed by atoms with Gasteiger partial charge in [-0.3, -0.25) is 4.79 Å². The number of carbonyl (C=O) groups is 1. The second-order valence-corrected chi connectivity index (χ2v) is 7.94. The van der Waals surface area contributed by atoms with E-state index in [9.17, 15) is 4.79 Å². The summed E-state index contributed by atoms with van der Waals surface area (Å²) in [6.07, 6.45) is 3.34. The van der Waals surface area contributed by atoms with Crippen molar-refractivity contribution in [2.45, 2.75) is 12.8 Å². The van der Waals surface area contributed by atoms with Crippen LogP contribution in [0.5, 0.6) is 11.5 Å². The Bertz CT molecular complexity index is 1190. The van der Waals surface area contributed by atoms with E-state index in [1.165, 1.54) is 0 Å². The molecule has 0 bridgehead atoms. The number of carbonyl (C=O) groups excluding carboxylic acids is 1. The summed E-state index contributed by atoms with van der Waals surface area (Å²) < 4.78 is 11.4. The highest BCUT2D eigenvalue weighted by Crippen LogP contribution is 2.30. The smallest absolute Gasteiger partial charge is 0.229 e. The lowest BCUT2D eigenvalue weighted by Crippen LogP contribution is -2.41. The number of rotatable bonds is 6. The van der Waals surface area contributed by atoms with E-state index in [4.69, 9.17) is 9.15 Å². The molecule has 1 N–H and O–H groups in total. The minimum absolute atomic E-state index is 0.0241. The Morgan fingerprint density at radius 1 is 0.970 bits per heavy atom. The molecule has 33 heavy (non-hydrogen) atoms. The maximum atomic E-state index is 13.1. The molecule has 0 radical (unpaired) electrons. The van der Waals surface area contributed by atoms with Gasteiger partial charge in [-0.15, -0.1) is 10.2 Å². The Morgan fingerprint density at radius 3 is 2.61 bits per heavy atom. The van der Waals surface area contributed by atoms with Gasteiger partial charge in [-0.2, -0.15) is 0 Å². The molecule has 1 amide bonds. The van der Waals surface area contributed by atoms with Crippen molar-refractivity contribution in [2.75, 3.05) is 23.3 Å². The van der Waals surface area contributed by atoms with Crippen LogP contribution >= 0.6 is 0 Å². The first-order valence-electron chi connectivity index (χ1n) is 11.0. The van der Waals surface area contributed by atoms with Crippen molar-refractivity contribution in [2.24, 2.45) is 5.92 Å². The van der Waals surface area contributed by atoms with Gasteiger partial charge in [0.2, 0.25) is 5.91 Å². The van der Waals surface area contributed by atoms with Gasteiger partial charge in [0.15, 0.2) is 17.3 Å². The van der Waals surface area contributed by atoms with Gasteiger partial charge in [-0.25, -0.2) is 0 Å². The SMILES string of the molecule is O=C(Nc1ccccc1Oc1ccccc1)C1CCCN(c2ccc(-c3ccco3)nn2)C1. The van der Waals surface area contributed by atoms with Gasteiger partial charge in [0, 0.05) is 13.1 Å². The standard InChI is InChI=1S/C26H24N4O3/c31-26(27-21-11-4-5-12-24(21)33-20-9-2-1-3-10-20)19-8-6-16-30(18-19)25-15-14-22(28-29-25)23-13-7-17-32-23/h1-5,7,9-15,17,19H,6,8,16,18H2,(H,27,31). The molecule has 1 aliphatic heterocycles. The highest BCUT2D eigenvalue weighted by Gasteiger charge is 2.27. The Hall–Kier alpha value is -4.13. The summed E-state index contributed by atoms with van der Waals surface area (Å²) in [5, 5.41) is 11.7. The number of para-hydroxylation sites is 3.